The van der Waals surface area contributed by atoms with E-state index in [9.17, 15) is 0 Å². The van der Waals surface area contributed by atoms with Crippen LogP contribution in [0.15, 0.2) is 22.7 Å². The highest BCUT2D eigenvalue weighted by Gasteiger charge is 2.34. The average Bonchev–Trinajstić information content (AvgIpc) is 2.46. The topological polar surface area (TPSA) is 12.5 Å². The van der Waals surface area contributed by atoms with E-state index < -0.39 is 0 Å². The Labute approximate surface area is 128 Å². The molecule has 2 aliphatic rings. The van der Waals surface area contributed by atoms with Crippen molar-refractivity contribution in [3.8, 4) is 0 Å². The molecule has 1 heterocycles. The third-order valence-electron chi connectivity index (χ3n) is 4.23. The van der Waals surface area contributed by atoms with E-state index in [1.54, 1.807) is 0 Å². The first-order chi connectivity index (χ1) is 9.29. The molecular weight excluding hydrogens is 326 g/mol. The van der Waals surface area contributed by atoms with Crippen molar-refractivity contribution in [1.29, 1.82) is 0 Å². The lowest BCUT2D eigenvalue weighted by atomic mass is 9.89. The van der Waals surface area contributed by atoms with Crippen LogP contribution in [0.2, 0.25) is 0 Å². The van der Waals surface area contributed by atoms with Gasteiger partial charge in [0, 0.05) is 22.6 Å². The predicted molar refractivity (Wildman–Crippen MR) is 83.0 cm³/mol. The summed E-state index contributed by atoms with van der Waals surface area (Å²) in [5.74, 6) is 0.567. The van der Waals surface area contributed by atoms with E-state index in [2.05, 4.69) is 39.0 Å². The highest BCUT2D eigenvalue weighted by molar-refractivity contribution is 9.10. The van der Waals surface area contributed by atoms with Crippen LogP contribution < -0.4 is 4.90 Å². The molecule has 1 saturated carbocycles. The molecule has 1 aromatic rings. The second-order valence-corrected chi connectivity index (χ2v) is 6.54. The van der Waals surface area contributed by atoms with Crippen LogP contribution in [-0.2, 0) is 10.6 Å². The molecule has 104 valence electrons. The molecule has 1 aliphatic heterocycles. The minimum Gasteiger partial charge on any atom is -0.374 e. The molecule has 0 amide bonds. The Kier molecular flexibility index (Phi) is 4.35. The zero-order valence-electron chi connectivity index (χ0n) is 10.9. The third-order valence-corrected chi connectivity index (χ3v) is 5.01. The maximum atomic E-state index is 6.11. The first kappa shape index (κ1) is 13.7. The Morgan fingerprint density at radius 1 is 1.32 bits per heavy atom. The second kappa shape index (κ2) is 6.02. The van der Waals surface area contributed by atoms with Crippen molar-refractivity contribution in [3.05, 3.63) is 28.2 Å². The molecule has 0 radical (unpaired) electrons. The summed E-state index contributed by atoms with van der Waals surface area (Å²) in [5, 5.41) is 0. The minimum absolute atomic E-state index is 0.407. The van der Waals surface area contributed by atoms with E-state index in [0.717, 1.165) is 17.6 Å². The highest BCUT2D eigenvalue weighted by Crippen LogP contribution is 2.35. The summed E-state index contributed by atoms with van der Waals surface area (Å²) in [4.78, 5) is 2.52. The van der Waals surface area contributed by atoms with Crippen molar-refractivity contribution < 1.29 is 4.74 Å². The van der Waals surface area contributed by atoms with Gasteiger partial charge in [-0.25, -0.2) is 0 Å². The Balaban J connectivity index is 1.93. The fourth-order valence-corrected chi connectivity index (χ4v) is 3.89. The number of anilines is 1. The Bertz CT molecular complexity index is 452. The van der Waals surface area contributed by atoms with Gasteiger partial charge >= 0.3 is 0 Å². The molecule has 0 bridgehead atoms. The summed E-state index contributed by atoms with van der Waals surface area (Å²) in [6.07, 6.45) is 5.45. The van der Waals surface area contributed by atoms with Crippen molar-refractivity contribution in [2.24, 2.45) is 0 Å². The molecule has 19 heavy (non-hydrogen) atoms. The van der Waals surface area contributed by atoms with E-state index in [4.69, 9.17) is 16.3 Å². The summed E-state index contributed by atoms with van der Waals surface area (Å²) in [5.41, 5.74) is 2.50. The Morgan fingerprint density at radius 2 is 2.16 bits per heavy atom. The second-order valence-electron chi connectivity index (χ2n) is 5.36. The quantitative estimate of drug-likeness (QED) is 0.740. The van der Waals surface area contributed by atoms with Crippen LogP contribution >= 0.6 is 27.5 Å². The number of morpholine rings is 1. The van der Waals surface area contributed by atoms with Gasteiger partial charge in [-0.3, -0.25) is 0 Å². The predicted octanol–water partition coefficient (Wildman–Crippen LogP) is 4.34. The summed E-state index contributed by atoms with van der Waals surface area (Å²) in [6, 6.07) is 6.92. The van der Waals surface area contributed by atoms with Gasteiger partial charge in [-0.2, -0.15) is 0 Å². The van der Waals surface area contributed by atoms with Gasteiger partial charge in [-0.15, -0.1) is 11.6 Å². The van der Waals surface area contributed by atoms with Crippen molar-refractivity contribution in [3.63, 3.8) is 0 Å². The van der Waals surface area contributed by atoms with Crippen LogP contribution in [0.5, 0.6) is 0 Å². The summed E-state index contributed by atoms with van der Waals surface area (Å²) < 4.78 is 7.07. The van der Waals surface area contributed by atoms with E-state index in [0.29, 0.717) is 18.0 Å². The number of hydrogen-bond donors (Lipinski definition) is 0. The number of hydrogen-bond acceptors (Lipinski definition) is 2. The molecule has 0 aromatic heterocycles. The first-order valence-corrected chi connectivity index (χ1v) is 8.35. The number of ether oxygens (including phenoxy) is 1. The fraction of sp³-hybridized carbons (Fsp3) is 0.600. The molecule has 2 unspecified atom stereocenters. The van der Waals surface area contributed by atoms with Gasteiger partial charge in [-0.05, 0) is 30.5 Å². The molecule has 1 aliphatic carbocycles. The molecule has 2 fully saturated rings. The number of nitrogens with zero attached hydrogens (tertiary/aromatic N) is 1. The Morgan fingerprint density at radius 3 is 3.00 bits per heavy atom. The number of fused-ring (bicyclic) bond motifs is 1. The van der Waals surface area contributed by atoms with Crippen LogP contribution in [-0.4, -0.2) is 25.3 Å². The van der Waals surface area contributed by atoms with Crippen LogP contribution in [0.4, 0.5) is 5.69 Å². The molecule has 0 N–H and O–H groups in total. The third kappa shape index (κ3) is 2.79. The Hall–Kier alpha value is -0.250. The maximum absolute atomic E-state index is 6.11. The number of halogens is 2. The fourth-order valence-electron chi connectivity index (χ4n) is 3.31. The van der Waals surface area contributed by atoms with Gasteiger partial charge in [0.25, 0.3) is 0 Å². The number of rotatable bonds is 2. The summed E-state index contributed by atoms with van der Waals surface area (Å²) >= 11 is 9.68. The smallest absolute Gasteiger partial charge is 0.0779 e. The van der Waals surface area contributed by atoms with Crippen LogP contribution in [0, 0.1) is 0 Å². The molecule has 2 nitrogen and oxygen atoms in total. The lowest BCUT2D eigenvalue weighted by Crippen LogP contribution is -2.53. The molecule has 3 rings (SSSR count). The van der Waals surface area contributed by atoms with Crippen molar-refractivity contribution in [2.45, 2.75) is 43.7 Å². The molecule has 4 heteroatoms. The normalized spacial score (nSPS) is 27.2. The first-order valence-electron chi connectivity index (χ1n) is 7.02. The molecule has 1 saturated heterocycles. The molecular formula is C15H19BrClNO. The highest BCUT2D eigenvalue weighted by atomic mass is 79.9. The van der Waals surface area contributed by atoms with Gasteiger partial charge in [-0.1, -0.05) is 34.8 Å². The van der Waals surface area contributed by atoms with Gasteiger partial charge in [0.2, 0.25) is 0 Å². The molecule has 2 atom stereocenters. The van der Waals surface area contributed by atoms with Gasteiger partial charge < -0.3 is 9.64 Å². The lowest BCUT2D eigenvalue weighted by Gasteiger charge is -2.45. The molecule has 0 spiro atoms. The van der Waals surface area contributed by atoms with Crippen molar-refractivity contribution in [1.82, 2.24) is 0 Å². The zero-order chi connectivity index (χ0) is 13.2. The SMILES string of the molecule is ClCc1ccc(Br)cc1N1CCOC2CCCCC21. The number of alkyl halides is 1. The number of benzene rings is 1. The zero-order valence-corrected chi connectivity index (χ0v) is 13.3. The monoisotopic (exact) mass is 343 g/mol. The average molecular weight is 345 g/mol. The standard InChI is InChI=1S/C15H19BrClNO/c16-12-6-5-11(10-17)14(9-12)18-7-8-19-15-4-2-1-3-13(15)18/h5-6,9,13,15H,1-4,7-8,10H2. The lowest BCUT2D eigenvalue weighted by molar-refractivity contribution is -0.00872. The summed E-state index contributed by atoms with van der Waals surface area (Å²) in [6.45, 7) is 1.80. The van der Waals surface area contributed by atoms with Gasteiger partial charge in [0.15, 0.2) is 0 Å². The van der Waals surface area contributed by atoms with Crippen molar-refractivity contribution in [2.75, 3.05) is 18.1 Å². The van der Waals surface area contributed by atoms with Crippen molar-refractivity contribution >= 4 is 33.2 Å². The minimum atomic E-state index is 0.407. The largest absolute Gasteiger partial charge is 0.374 e. The van der Waals surface area contributed by atoms with E-state index in [-0.39, 0.29) is 0 Å². The maximum Gasteiger partial charge on any atom is 0.0779 e. The molecule has 1 aromatic carbocycles. The van der Waals surface area contributed by atoms with Crippen LogP contribution in [0.3, 0.4) is 0 Å². The van der Waals surface area contributed by atoms with E-state index >= 15 is 0 Å². The van der Waals surface area contributed by atoms with Gasteiger partial charge in [0.05, 0.1) is 18.8 Å². The summed E-state index contributed by atoms with van der Waals surface area (Å²) in [7, 11) is 0. The van der Waals surface area contributed by atoms with Gasteiger partial charge in [0.1, 0.15) is 0 Å². The van der Waals surface area contributed by atoms with Crippen LogP contribution in [0.25, 0.3) is 0 Å². The van der Waals surface area contributed by atoms with Crippen LogP contribution in [0.1, 0.15) is 31.2 Å². The van der Waals surface area contributed by atoms with E-state index in [1.165, 1.54) is 36.9 Å². The van der Waals surface area contributed by atoms with E-state index in [1.807, 2.05) is 0 Å².